The van der Waals surface area contributed by atoms with Crippen molar-refractivity contribution in [2.45, 2.75) is 70.1 Å². The minimum absolute atomic E-state index is 0.0499. The number of carbonyl (C=O) groups excluding carboxylic acids is 3. The highest BCUT2D eigenvalue weighted by Crippen LogP contribution is 2.36. The van der Waals surface area contributed by atoms with Crippen LogP contribution in [0.2, 0.25) is 0 Å². The highest BCUT2D eigenvalue weighted by atomic mass is 16.6. The van der Waals surface area contributed by atoms with Gasteiger partial charge in [-0.2, -0.15) is 0 Å². The molecule has 328 valence electrons. The van der Waals surface area contributed by atoms with Crippen LogP contribution >= 0.6 is 0 Å². The Morgan fingerprint density at radius 1 is 0.714 bits per heavy atom. The number of amides is 3. The molecule has 0 radical (unpaired) electrons. The third kappa shape index (κ3) is 9.17. The lowest BCUT2D eigenvalue weighted by molar-refractivity contribution is -0.145. The van der Waals surface area contributed by atoms with Crippen LogP contribution in [-0.4, -0.2) is 99.6 Å². The second kappa shape index (κ2) is 18.8. The van der Waals surface area contributed by atoms with Crippen LogP contribution in [-0.2, 0) is 19.1 Å². The SMILES string of the molecule is COC(=O)N[C@@H](C(=O)N1CCC[C@H]1c1ncc(-c2ccc(-c3ccc4cc(-c5cnc([C@@H]6CCCN6C(=O)[C@@H](NC(O)OC)C(C)C)[nH]5)ccc4c3)cc2)[nH]1)c1ccc(OC)cc1. The van der Waals surface area contributed by atoms with Crippen molar-refractivity contribution in [3.8, 4) is 39.4 Å². The first-order chi connectivity index (χ1) is 30.5. The summed E-state index contributed by atoms with van der Waals surface area (Å²) in [6.07, 6.45) is 4.91. The minimum Gasteiger partial charge on any atom is -0.497 e. The van der Waals surface area contributed by atoms with E-state index in [0.29, 0.717) is 30.2 Å². The quantitative estimate of drug-likeness (QED) is 0.0699. The highest BCUT2D eigenvalue weighted by Gasteiger charge is 2.39. The van der Waals surface area contributed by atoms with Crippen LogP contribution in [0.4, 0.5) is 4.79 Å². The molecule has 4 heterocycles. The van der Waals surface area contributed by atoms with Gasteiger partial charge in [-0.05, 0) is 88.9 Å². The van der Waals surface area contributed by atoms with E-state index in [4.69, 9.17) is 24.2 Å². The summed E-state index contributed by atoms with van der Waals surface area (Å²) in [4.78, 5) is 60.1. The lowest BCUT2D eigenvalue weighted by Gasteiger charge is -2.31. The van der Waals surface area contributed by atoms with Crippen molar-refractivity contribution in [3.63, 3.8) is 0 Å². The summed E-state index contributed by atoms with van der Waals surface area (Å²) < 4.78 is 15.1. The molecule has 2 aliphatic heterocycles. The Labute approximate surface area is 366 Å². The molecule has 15 nitrogen and oxygen atoms in total. The zero-order valence-electron chi connectivity index (χ0n) is 36.1. The van der Waals surface area contributed by atoms with Crippen molar-refractivity contribution in [2.75, 3.05) is 34.4 Å². The number of benzene rings is 4. The Hall–Kier alpha value is -6.55. The van der Waals surface area contributed by atoms with Crippen molar-refractivity contribution < 1.29 is 33.7 Å². The van der Waals surface area contributed by atoms with Crippen LogP contribution in [0.5, 0.6) is 5.75 Å². The number of alkyl carbamates (subject to hydrolysis) is 1. The van der Waals surface area contributed by atoms with Crippen molar-refractivity contribution in [1.29, 1.82) is 0 Å². The molecule has 1 unspecified atom stereocenters. The number of imidazole rings is 2. The predicted octanol–water partition coefficient (Wildman–Crippen LogP) is 7.26. The summed E-state index contributed by atoms with van der Waals surface area (Å²) in [6, 6.07) is 26.1. The van der Waals surface area contributed by atoms with Crippen LogP contribution in [0.15, 0.2) is 97.3 Å². The van der Waals surface area contributed by atoms with Crippen LogP contribution in [0.1, 0.15) is 74.9 Å². The van der Waals surface area contributed by atoms with Gasteiger partial charge < -0.3 is 44.4 Å². The maximum atomic E-state index is 14.0. The number of methoxy groups -OCH3 is 3. The smallest absolute Gasteiger partial charge is 0.407 e. The maximum Gasteiger partial charge on any atom is 0.407 e. The molecule has 2 aliphatic rings. The summed E-state index contributed by atoms with van der Waals surface area (Å²) in [6.45, 7) is 5.04. The first kappa shape index (κ1) is 43.1. The van der Waals surface area contributed by atoms with E-state index in [-0.39, 0.29) is 29.8 Å². The highest BCUT2D eigenvalue weighted by molar-refractivity contribution is 5.91. The van der Waals surface area contributed by atoms with Gasteiger partial charge in [0.2, 0.25) is 12.3 Å². The molecule has 5 atom stereocenters. The van der Waals surface area contributed by atoms with E-state index >= 15 is 0 Å². The summed E-state index contributed by atoms with van der Waals surface area (Å²) in [5.41, 5.74) is 6.46. The number of nitrogens with zero attached hydrogens (tertiary/aromatic N) is 4. The number of aliphatic hydroxyl groups is 1. The topological polar surface area (TPSA) is 187 Å². The van der Waals surface area contributed by atoms with Gasteiger partial charge in [-0.1, -0.05) is 74.5 Å². The maximum absolute atomic E-state index is 14.0. The molecule has 63 heavy (non-hydrogen) atoms. The van der Waals surface area contributed by atoms with Gasteiger partial charge in [0, 0.05) is 25.8 Å². The molecule has 0 aliphatic carbocycles. The van der Waals surface area contributed by atoms with E-state index < -0.39 is 24.6 Å². The van der Waals surface area contributed by atoms with Gasteiger partial charge in [0.15, 0.2) is 0 Å². The van der Waals surface area contributed by atoms with Crippen LogP contribution in [0, 0.1) is 5.92 Å². The van der Waals surface area contributed by atoms with Crippen molar-refractivity contribution in [3.05, 3.63) is 115 Å². The molecule has 2 saturated heterocycles. The van der Waals surface area contributed by atoms with Gasteiger partial charge in [-0.3, -0.25) is 14.9 Å². The summed E-state index contributed by atoms with van der Waals surface area (Å²) >= 11 is 0. The summed E-state index contributed by atoms with van der Waals surface area (Å²) in [7, 11) is 4.24. The second-order valence-corrected chi connectivity index (χ2v) is 16.4. The van der Waals surface area contributed by atoms with E-state index in [2.05, 4.69) is 81.3 Å². The Morgan fingerprint density at radius 3 is 1.83 bits per heavy atom. The molecule has 0 spiro atoms. The molecule has 0 bridgehead atoms. The Balaban J connectivity index is 0.940. The predicted molar refractivity (Wildman–Crippen MR) is 238 cm³/mol. The minimum atomic E-state index is -1.23. The van der Waals surface area contributed by atoms with Crippen molar-refractivity contribution >= 4 is 28.7 Å². The number of fused-ring (bicyclic) bond motifs is 1. The van der Waals surface area contributed by atoms with E-state index in [9.17, 15) is 19.5 Å². The molecule has 5 N–H and O–H groups in total. The number of H-pyrrole nitrogens is 2. The second-order valence-electron chi connectivity index (χ2n) is 16.4. The number of ether oxygens (including phenoxy) is 3. The number of rotatable bonds is 14. The fraction of sp³-hybridized carbons (Fsp3) is 0.354. The standard InChI is InChI=1S/C48H54N8O7/c1-28(2)41(53-47(59)62-4)45(57)55-22-6-8-39(55)44-50-27-38(52-44)35-17-16-33-24-32(14-15-34(33)25-35)29-10-12-30(13-11-29)37-26-49-43(51-37)40-9-7-23-56(40)46(58)42(54-48(60)63-5)31-18-20-36(61-3)21-19-31/h10-21,24-28,39-42,47,53,59H,6-9,22-23H2,1-5H3,(H,49,51)(H,50,52)(H,54,60)/t39-,40-,41-,42+,47?/m0/s1. The summed E-state index contributed by atoms with van der Waals surface area (Å²) in [5.74, 6) is 1.71. The number of hydrogen-bond donors (Lipinski definition) is 5. The first-order valence-electron chi connectivity index (χ1n) is 21.4. The number of carbonyl (C=O) groups is 3. The van der Waals surface area contributed by atoms with Crippen LogP contribution in [0.3, 0.4) is 0 Å². The third-order valence-electron chi connectivity index (χ3n) is 12.2. The first-order valence-corrected chi connectivity index (χ1v) is 21.4. The van der Waals surface area contributed by atoms with E-state index in [1.54, 1.807) is 42.5 Å². The molecule has 8 rings (SSSR count). The van der Waals surface area contributed by atoms with Gasteiger partial charge in [0.25, 0.3) is 5.91 Å². The number of likely N-dealkylation sites (tertiary alicyclic amines) is 2. The van der Waals surface area contributed by atoms with Gasteiger partial charge in [0.05, 0.1) is 56.1 Å². The van der Waals surface area contributed by atoms with Crippen molar-refractivity contribution in [2.24, 2.45) is 5.92 Å². The van der Waals surface area contributed by atoms with Gasteiger partial charge in [0.1, 0.15) is 23.4 Å². The number of aliphatic hydroxyl groups excluding tert-OH is 1. The van der Waals surface area contributed by atoms with E-state index in [1.807, 2.05) is 24.9 Å². The largest absolute Gasteiger partial charge is 0.497 e. The zero-order valence-corrected chi connectivity index (χ0v) is 36.1. The molecule has 3 amide bonds. The van der Waals surface area contributed by atoms with Gasteiger partial charge >= 0.3 is 6.09 Å². The normalized spacial score (nSPS) is 17.8. The molecule has 4 aromatic carbocycles. The zero-order chi connectivity index (χ0) is 44.2. The lowest BCUT2D eigenvalue weighted by Crippen LogP contribution is -2.52. The third-order valence-corrected chi connectivity index (χ3v) is 12.2. The molecule has 2 aromatic heterocycles. The van der Waals surface area contributed by atoms with Crippen molar-refractivity contribution in [1.82, 2.24) is 40.4 Å². The number of aromatic amines is 2. The number of hydrogen-bond acceptors (Lipinski definition) is 10. The Bertz CT molecular complexity index is 2550. The van der Waals surface area contributed by atoms with Crippen LogP contribution in [0.25, 0.3) is 44.4 Å². The molecule has 6 aromatic rings. The lowest BCUT2D eigenvalue weighted by atomic mass is 9.98. The summed E-state index contributed by atoms with van der Waals surface area (Å²) in [5, 5.41) is 17.8. The Morgan fingerprint density at radius 2 is 1.25 bits per heavy atom. The molecule has 0 saturated carbocycles. The van der Waals surface area contributed by atoms with Gasteiger partial charge in [-0.15, -0.1) is 0 Å². The fourth-order valence-electron chi connectivity index (χ4n) is 8.75. The molecular weight excluding hydrogens is 801 g/mol. The van der Waals surface area contributed by atoms with Gasteiger partial charge in [-0.25, -0.2) is 14.8 Å². The fourth-order valence-corrected chi connectivity index (χ4v) is 8.75. The molecular formula is C48H54N8O7. The average molecular weight is 855 g/mol. The van der Waals surface area contributed by atoms with E-state index in [1.165, 1.54) is 14.2 Å². The Kier molecular flexibility index (Phi) is 12.9. The monoisotopic (exact) mass is 854 g/mol. The number of nitrogens with one attached hydrogen (secondary N) is 4. The van der Waals surface area contributed by atoms with E-state index in [0.717, 1.165) is 75.9 Å². The average Bonchev–Trinajstić information content (AvgIpc) is 4.17. The van der Waals surface area contributed by atoms with Crippen LogP contribution < -0.4 is 15.4 Å². The molecule has 15 heteroatoms. The molecule has 2 fully saturated rings. The number of aromatic nitrogens is 4.